The molecule has 5 heteroatoms. The quantitative estimate of drug-likeness (QED) is 0.121. The molecule has 0 bridgehead atoms. The van der Waals surface area contributed by atoms with Crippen LogP contribution in [0.3, 0.4) is 0 Å². The second-order valence-electron chi connectivity index (χ2n) is 12.5. The van der Waals surface area contributed by atoms with Crippen molar-refractivity contribution in [3.8, 4) is 17.6 Å². The fraction of sp³-hybridized carbons (Fsp3) is 0.450. The number of hydrogen-bond acceptors (Lipinski definition) is 4. The average molecular weight is 608 g/mol. The number of unbranched alkanes of at least 4 members (excludes halogenated alkanes) is 2. The van der Waals surface area contributed by atoms with Crippen molar-refractivity contribution < 1.29 is 19.4 Å². The molecule has 4 rings (SSSR count). The van der Waals surface area contributed by atoms with Crippen LogP contribution >= 0.6 is 0 Å². The Hall–Kier alpha value is -3.88. The number of hydrogen-bond donors (Lipinski definition) is 1. The summed E-state index contributed by atoms with van der Waals surface area (Å²) in [6.45, 7) is 9.71. The highest BCUT2D eigenvalue weighted by Gasteiger charge is 2.32. The predicted octanol–water partition coefficient (Wildman–Crippen LogP) is 8.30. The van der Waals surface area contributed by atoms with Crippen LogP contribution in [-0.4, -0.2) is 41.1 Å². The van der Waals surface area contributed by atoms with Crippen LogP contribution in [0.2, 0.25) is 0 Å². The van der Waals surface area contributed by atoms with Crippen LogP contribution in [-0.2, 0) is 10.2 Å². The molecule has 0 saturated heterocycles. The molecule has 0 aromatic heterocycles. The van der Waals surface area contributed by atoms with Crippen molar-refractivity contribution in [3.05, 3.63) is 100 Å². The first-order valence-corrected chi connectivity index (χ1v) is 16.7. The van der Waals surface area contributed by atoms with Crippen LogP contribution in [0, 0.1) is 25.7 Å². The number of rotatable bonds is 13. The highest BCUT2D eigenvalue weighted by molar-refractivity contribution is 5.99. The van der Waals surface area contributed by atoms with E-state index in [0.717, 1.165) is 80.2 Å². The molecule has 0 unspecified atom stereocenters. The first-order chi connectivity index (χ1) is 21.7. The van der Waals surface area contributed by atoms with Crippen LogP contribution in [0.1, 0.15) is 116 Å². The molecule has 0 radical (unpaired) electrons. The summed E-state index contributed by atoms with van der Waals surface area (Å²) in [7, 11) is 0. The number of aryl methyl sites for hydroxylation is 2. The van der Waals surface area contributed by atoms with Gasteiger partial charge in [0.2, 0.25) is 6.41 Å². The molecular weight excluding hydrogens is 558 g/mol. The molecule has 0 aliphatic heterocycles. The van der Waals surface area contributed by atoms with Gasteiger partial charge in [-0.2, -0.15) is 0 Å². The monoisotopic (exact) mass is 607 g/mol. The standard InChI is InChI=1S/C40H49NO4/c1-5-40(6-2,35-19-18-33(31(3)28-35)22-25-39(44)23-12-8-13-24-39)36-20-21-37(32(4)29-36)45-27-15-9-14-26-41(30-42)38(43)34-16-10-7-11-17-34/h7,10-11,16-21,28-30,44H,5-6,8-9,12-15,23-24,26-27H2,1-4H3. The third-order valence-electron chi connectivity index (χ3n) is 9.53. The van der Waals surface area contributed by atoms with Crippen LogP contribution in [0.5, 0.6) is 5.75 Å². The first kappa shape index (κ1) is 34.0. The molecule has 0 heterocycles. The van der Waals surface area contributed by atoms with E-state index in [2.05, 4.69) is 75.9 Å². The summed E-state index contributed by atoms with van der Waals surface area (Å²) in [4.78, 5) is 25.3. The van der Waals surface area contributed by atoms with E-state index in [-0.39, 0.29) is 11.3 Å². The summed E-state index contributed by atoms with van der Waals surface area (Å²) >= 11 is 0. The van der Waals surface area contributed by atoms with Gasteiger partial charge in [-0.3, -0.25) is 14.5 Å². The van der Waals surface area contributed by atoms with E-state index in [4.69, 9.17) is 4.74 Å². The lowest BCUT2D eigenvalue weighted by Crippen LogP contribution is -2.30. The molecule has 3 aromatic carbocycles. The SMILES string of the molecule is CCC(CC)(c1ccc(C#CC2(O)CCCCC2)c(C)c1)c1ccc(OCCCCCN(C=O)C(=O)c2ccccc2)c(C)c1. The van der Waals surface area contributed by atoms with Crippen molar-refractivity contribution in [2.45, 2.75) is 103 Å². The highest BCUT2D eigenvalue weighted by atomic mass is 16.5. The minimum Gasteiger partial charge on any atom is -0.493 e. The molecular formula is C40H49NO4. The summed E-state index contributed by atoms with van der Waals surface area (Å²) in [5.41, 5.74) is 5.36. The zero-order valence-corrected chi connectivity index (χ0v) is 27.5. The Kier molecular flexibility index (Phi) is 12.0. The summed E-state index contributed by atoms with van der Waals surface area (Å²) < 4.78 is 6.16. The van der Waals surface area contributed by atoms with Gasteiger partial charge in [0, 0.05) is 23.1 Å². The Balaban J connectivity index is 1.35. The molecule has 1 saturated carbocycles. The normalized spacial score (nSPS) is 14.2. The molecule has 1 aliphatic rings. The lowest BCUT2D eigenvalue weighted by atomic mass is 9.70. The van der Waals surface area contributed by atoms with Crippen molar-refractivity contribution in [1.82, 2.24) is 4.90 Å². The fourth-order valence-electron chi connectivity index (χ4n) is 6.58. The van der Waals surface area contributed by atoms with E-state index in [0.29, 0.717) is 25.1 Å². The number of ether oxygens (including phenoxy) is 1. The van der Waals surface area contributed by atoms with Gasteiger partial charge < -0.3 is 9.84 Å². The molecule has 5 nitrogen and oxygen atoms in total. The number of carbonyl (C=O) groups excluding carboxylic acids is 2. The second kappa shape index (κ2) is 15.9. The zero-order chi connectivity index (χ0) is 32.3. The summed E-state index contributed by atoms with van der Waals surface area (Å²) in [5, 5.41) is 10.8. The van der Waals surface area contributed by atoms with E-state index in [1.807, 2.05) is 6.07 Å². The van der Waals surface area contributed by atoms with Gasteiger partial charge in [-0.25, -0.2) is 0 Å². The lowest BCUT2D eigenvalue weighted by Gasteiger charge is -2.34. The van der Waals surface area contributed by atoms with E-state index < -0.39 is 5.60 Å². The summed E-state index contributed by atoms with van der Waals surface area (Å²) in [6.07, 6.45) is 9.80. The number of imide groups is 1. The van der Waals surface area contributed by atoms with Gasteiger partial charge in [-0.05, 0) is 118 Å². The molecule has 3 aromatic rings. The topological polar surface area (TPSA) is 66.8 Å². The first-order valence-electron chi connectivity index (χ1n) is 16.7. The number of aliphatic hydroxyl groups is 1. The van der Waals surface area contributed by atoms with Gasteiger partial charge in [-0.1, -0.05) is 74.6 Å². The van der Waals surface area contributed by atoms with Crippen LogP contribution < -0.4 is 4.74 Å². The average Bonchev–Trinajstić information content (AvgIpc) is 3.06. The summed E-state index contributed by atoms with van der Waals surface area (Å²) in [6, 6.07) is 22.1. The Morgan fingerprint density at radius 2 is 1.58 bits per heavy atom. The number of carbonyl (C=O) groups is 2. The van der Waals surface area contributed by atoms with Gasteiger partial charge in [0.25, 0.3) is 5.91 Å². The van der Waals surface area contributed by atoms with Gasteiger partial charge in [0.05, 0.1) is 6.61 Å². The van der Waals surface area contributed by atoms with Crippen molar-refractivity contribution >= 4 is 12.3 Å². The van der Waals surface area contributed by atoms with E-state index in [1.165, 1.54) is 22.4 Å². The van der Waals surface area contributed by atoms with Gasteiger partial charge in [0.1, 0.15) is 11.4 Å². The molecule has 1 aliphatic carbocycles. The van der Waals surface area contributed by atoms with Gasteiger partial charge in [0.15, 0.2) is 0 Å². The maximum absolute atomic E-state index is 12.5. The largest absolute Gasteiger partial charge is 0.493 e. The Morgan fingerprint density at radius 1 is 0.911 bits per heavy atom. The molecule has 1 N–H and O–H groups in total. The summed E-state index contributed by atoms with van der Waals surface area (Å²) in [5.74, 6) is 7.11. The van der Waals surface area contributed by atoms with Crippen molar-refractivity contribution in [2.24, 2.45) is 0 Å². The van der Waals surface area contributed by atoms with Crippen LogP contribution in [0.15, 0.2) is 66.7 Å². The lowest BCUT2D eigenvalue weighted by molar-refractivity contribution is -0.116. The third kappa shape index (κ3) is 8.44. The minimum atomic E-state index is -0.845. The smallest absolute Gasteiger partial charge is 0.260 e. The van der Waals surface area contributed by atoms with Crippen LogP contribution in [0.25, 0.3) is 0 Å². The maximum Gasteiger partial charge on any atom is 0.260 e. The molecule has 0 spiro atoms. The molecule has 2 amide bonds. The Labute approximate surface area is 270 Å². The highest BCUT2D eigenvalue weighted by Crippen LogP contribution is 2.41. The number of amides is 2. The van der Waals surface area contributed by atoms with Gasteiger partial charge >= 0.3 is 0 Å². The molecule has 0 atom stereocenters. The van der Waals surface area contributed by atoms with E-state index in [9.17, 15) is 14.7 Å². The fourth-order valence-corrected chi connectivity index (χ4v) is 6.58. The number of nitrogens with zero attached hydrogens (tertiary/aromatic N) is 1. The van der Waals surface area contributed by atoms with Crippen molar-refractivity contribution in [3.63, 3.8) is 0 Å². The number of benzene rings is 3. The van der Waals surface area contributed by atoms with Crippen LogP contribution in [0.4, 0.5) is 0 Å². The molecule has 1 fully saturated rings. The van der Waals surface area contributed by atoms with E-state index >= 15 is 0 Å². The van der Waals surface area contributed by atoms with E-state index in [1.54, 1.807) is 24.3 Å². The second-order valence-corrected chi connectivity index (χ2v) is 12.5. The zero-order valence-electron chi connectivity index (χ0n) is 27.5. The Morgan fingerprint density at radius 3 is 2.20 bits per heavy atom. The van der Waals surface area contributed by atoms with Crippen molar-refractivity contribution in [2.75, 3.05) is 13.2 Å². The maximum atomic E-state index is 12.5. The Bertz CT molecular complexity index is 1490. The third-order valence-corrected chi connectivity index (χ3v) is 9.53. The predicted molar refractivity (Wildman–Crippen MR) is 182 cm³/mol. The molecule has 238 valence electrons. The van der Waals surface area contributed by atoms with Crippen molar-refractivity contribution in [1.29, 1.82) is 0 Å². The minimum absolute atomic E-state index is 0.122. The van der Waals surface area contributed by atoms with Gasteiger partial charge in [-0.15, -0.1) is 0 Å². The molecule has 45 heavy (non-hydrogen) atoms.